The molecule has 0 amide bonds. The van der Waals surface area contributed by atoms with Gasteiger partial charge in [0, 0.05) is 12.1 Å². The summed E-state index contributed by atoms with van der Waals surface area (Å²) in [5, 5.41) is 0. The summed E-state index contributed by atoms with van der Waals surface area (Å²) in [6.07, 6.45) is 4.05. The maximum Gasteiger partial charge on any atom is 0.381 e. The van der Waals surface area contributed by atoms with Crippen LogP contribution in [0.5, 0.6) is 0 Å². The second-order valence-electron chi connectivity index (χ2n) is 16.4. The number of thiophene rings is 2. The summed E-state index contributed by atoms with van der Waals surface area (Å²) in [6.45, 7) is 0. The van der Waals surface area contributed by atoms with E-state index in [9.17, 15) is 62.3 Å². The fourth-order valence-electron chi connectivity index (χ4n) is 8.70. The van der Waals surface area contributed by atoms with E-state index in [0.717, 1.165) is 51.4 Å². The zero-order valence-electron chi connectivity index (χ0n) is 36.5. The molecule has 2 saturated carbocycles. The minimum absolute atomic E-state index is 0.0894. The van der Waals surface area contributed by atoms with Crippen LogP contribution in [0.3, 0.4) is 0 Å². The van der Waals surface area contributed by atoms with Crippen molar-refractivity contribution in [1.82, 2.24) is 0 Å². The maximum atomic E-state index is 15.4. The average molecular weight is 1220 g/mol. The Morgan fingerprint density at radius 2 is 0.568 bits per heavy atom. The van der Waals surface area contributed by atoms with Crippen LogP contribution in [0.2, 0.25) is 0 Å². The number of halogens is 21. The molecule has 0 saturated heterocycles. The highest BCUT2D eigenvalue weighted by Gasteiger charge is 2.52. The minimum Gasteiger partial charge on any atom is -0.458 e. The Kier molecular flexibility index (Phi) is 17.1. The molecule has 4 nitrogen and oxygen atoms in total. The van der Waals surface area contributed by atoms with E-state index in [-0.39, 0.29) is 24.1 Å². The predicted molar refractivity (Wildman–Crippen MR) is 220 cm³/mol. The number of benzene rings is 4. The fraction of sp³-hybridized carbons (Fsp3) is 0.261. The van der Waals surface area contributed by atoms with E-state index < -0.39 is 166 Å². The first-order valence-corrected chi connectivity index (χ1v) is 25.2. The molecule has 74 heavy (non-hydrogen) atoms. The minimum atomic E-state index is -7.22. The molecule has 396 valence electrons. The Morgan fingerprint density at radius 3 is 0.797 bits per heavy atom. The second kappa shape index (κ2) is 22.4. The highest BCUT2D eigenvalue weighted by molar-refractivity contribution is 7.20. The SMILES string of the molecule is Fc1c(F)c(F)c([B-](c2c(F)c(F)c(F)c(F)c2F)(c2c(F)c(F)c(F)c(F)c2F)c2c(F)c(F)c(F)c(F)c2F)c(F)c1F.O=C(OC1CCCCC1)c1ccc([I+]c2ccc(C(=O)OC3CCCCC3)s2)s1. The van der Waals surface area contributed by atoms with Gasteiger partial charge in [-0.05, 0) is 63.5 Å². The van der Waals surface area contributed by atoms with Crippen LogP contribution in [-0.2, 0) is 9.47 Å². The molecular formula is C46H26BF20IO4S2. The van der Waals surface area contributed by atoms with E-state index in [1.54, 1.807) is 0 Å². The van der Waals surface area contributed by atoms with Crippen molar-refractivity contribution in [3.63, 3.8) is 0 Å². The molecule has 0 aliphatic heterocycles. The van der Waals surface area contributed by atoms with Gasteiger partial charge in [0.05, 0.1) is 0 Å². The molecule has 0 N–H and O–H groups in total. The van der Waals surface area contributed by atoms with Gasteiger partial charge in [-0.25, -0.2) is 97.4 Å². The number of ether oxygens (including phenoxy) is 2. The molecule has 0 radical (unpaired) electrons. The predicted octanol–water partition coefficient (Wildman–Crippen LogP) is 8.76. The van der Waals surface area contributed by atoms with Gasteiger partial charge in [-0.1, -0.05) is 35.5 Å². The van der Waals surface area contributed by atoms with E-state index in [1.807, 2.05) is 24.3 Å². The van der Waals surface area contributed by atoms with Gasteiger partial charge in [-0.3, -0.25) is 0 Å². The van der Waals surface area contributed by atoms with Gasteiger partial charge in [0.25, 0.3) is 0 Å². The molecule has 0 bridgehead atoms. The molecule has 4 aromatic carbocycles. The lowest BCUT2D eigenvalue weighted by Crippen LogP contribution is -3.61. The van der Waals surface area contributed by atoms with Crippen LogP contribution in [0.25, 0.3) is 0 Å². The molecule has 2 aliphatic carbocycles. The highest BCUT2D eigenvalue weighted by Crippen LogP contribution is 2.31. The molecule has 2 aliphatic rings. The first kappa shape index (κ1) is 56.3. The number of carbonyl (C=O) groups is 2. The van der Waals surface area contributed by atoms with Crippen molar-refractivity contribution in [1.29, 1.82) is 0 Å². The third-order valence-electron chi connectivity index (χ3n) is 12.1. The van der Waals surface area contributed by atoms with E-state index in [2.05, 4.69) is 0 Å². The Morgan fingerprint density at radius 1 is 0.351 bits per heavy atom. The Hall–Kier alpha value is -5.39. The third-order valence-corrected chi connectivity index (χ3v) is 17.9. The summed E-state index contributed by atoms with van der Waals surface area (Å²) in [6, 6.07) is 7.85. The van der Waals surface area contributed by atoms with Gasteiger partial charge in [0.15, 0.2) is 69.8 Å². The summed E-state index contributed by atoms with van der Waals surface area (Å²) >= 11 is 2.67. The molecule has 0 spiro atoms. The maximum absolute atomic E-state index is 15.4. The van der Waals surface area contributed by atoms with Crippen LogP contribution in [0.4, 0.5) is 87.8 Å². The molecule has 2 heterocycles. The molecule has 6 aromatic rings. The topological polar surface area (TPSA) is 52.6 Å². The van der Waals surface area contributed by atoms with Crippen molar-refractivity contribution >= 4 is 62.6 Å². The van der Waals surface area contributed by atoms with Crippen molar-refractivity contribution in [2.75, 3.05) is 0 Å². The van der Waals surface area contributed by atoms with E-state index in [0.29, 0.717) is 9.75 Å². The molecule has 8 rings (SSSR count). The van der Waals surface area contributed by atoms with Gasteiger partial charge in [-0.15, -0.1) is 21.9 Å². The second-order valence-corrected chi connectivity index (χ2v) is 22.9. The van der Waals surface area contributed by atoms with Gasteiger partial charge in [0.2, 0.25) is 5.77 Å². The summed E-state index contributed by atoms with van der Waals surface area (Å²) < 4.78 is 308. The Labute approximate surface area is 421 Å². The fourth-order valence-corrected chi connectivity index (χ4v) is 14.8. The molecule has 2 fully saturated rings. The van der Waals surface area contributed by atoms with Crippen molar-refractivity contribution in [3.8, 4) is 0 Å². The summed E-state index contributed by atoms with van der Waals surface area (Å²) in [7, 11) is 0. The van der Waals surface area contributed by atoms with Crippen molar-refractivity contribution in [3.05, 3.63) is 156 Å². The molecule has 2 aromatic heterocycles. The number of hydrogen-bond donors (Lipinski definition) is 0. The summed E-state index contributed by atoms with van der Waals surface area (Å²) in [5.41, 5.74) is -14.3. The van der Waals surface area contributed by atoms with Crippen LogP contribution < -0.4 is 43.1 Å². The van der Waals surface area contributed by atoms with E-state index >= 15 is 35.1 Å². The quantitative estimate of drug-likeness (QED) is 0.0344. The summed E-state index contributed by atoms with van der Waals surface area (Å²) in [4.78, 5) is 26.2. The van der Waals surface area contributed by atoms with E-state index in [1.165, 1.54) is 41.3 Å². The number of carbonyl (C=O) groups excluding carboxylic acids is 2. The zero-order valence-corrected chi connectivity index (χ0v) is 40.3. The third kappa shape index (κ3) is 10.1. The molecule has 0 atom stereocenters. The van der Waals surface area contributed by atoms with Crippen molar-refractivity contribution in [2.24, 2.45) is 0 Å². The standard InChI is InChI=1S/C24BF20.C22H26IO4S2/c26-5-1(6(27)14(35)21(42)13(5)34)25(2-7(28)15(36)22(43)16(37)8(2)29,3-9(30)17(38)23(44)18(39)10(3)31)4-11(32)19(40)24(45)20(41)12(4)33;24-21(26-15-7-3-1-4-8-15)17-11-13-19(28-17)23-20-14-12-18(29-20)22(25)27-16-9-5-2-6-10-16/h;11-16H,1-10H2/q-1;+1. The Balaban J connectivity index is 0.000000237. The van der Waals surface area contributed by atoms with Crippen LogP contribution in [0.15, 0.2) is 24.3 Å². The smallest absolute Gasteiger partial charge is 0.381 e. The largest absolute Gasteiger partial charge is 0.458 e. The highest BCUT2D eigenvalue weighted by atomic mass is 127. The number of esters is 2. The van der Waals surface area contributed by atoms with Crippen LogP contribution >= 0.6 is 22.7 Å². The van der Waals surface area contributed by atoms with Crippen LogP contribution in [-0.4, -0.2) is 30.3 Å². The molecule has 28 heteroatoms. The van der Waals surface area contributed by atoms with Crippen molar-refractivity contribution < 1.29 is 128 Å². The van der Waals surface area contributed by atoms with Gasteiger partial charge >= 0.3 is 33.1 Å². The van der Waals surface area contributed by atoms with Crippen LogP contribution in [0, 0.1) is 122 Å². The zero-order chi connectivity index (χ0) is 54.4. The van der Waals surface area contributed by atoms with Gasteiger partial charge < -0.3 is 9.47 Å². The first-order chi connectivity index (χ1) is 34.9. The van der Waals surface area contributed by atoms with Gasteiger partial charge in [0.1, 0.15) is 74.6 Å². The monoisotopic (exact) mass is 1220 g/mol. The van der Waals surface area contributed by atoms with E-state index in [4.69, 9.17) is 9.47 Å². The molecule has 0 unspecified atom stereocenters. The summed E-state index contributed by atoms with van der Waals surface area (Å²) in [5.74, 6) is -71.8. The number of rotatable bonds is 10. The first-order valence-electron chi connectivity index (χ1n) is 21.4. The normalized spacial score (nSPS) is 14.5. The number of hydrogen-bond acceptors (Lipinski definition) is 6. The average Bonchev–Trinajstić information content (AvgIpc) is 4.07. The Bertz CT molecular complexity index is 2740. The molecular weight excluding hydrogens is 1200 g/mol. The lowest BCUT2D eigenvalue weighted by Gasteiger charge is -2.44. The van der Waals surface area contributed by atoms with Crippen LogP contribution in [0.1, 0.15) is 83.6 Å². The van der Waals surface area contributed by atoms with Crippen molar-refractivity contribution in [2.45, 2.75) is 76.4 Å². The lowest BCUT2D eigenvalue weighted by atomic mass is 9.12. The lowest BCUT2D eigenvalue weighted by molar-refractivity contribution is -0.585. The van der Waals surface area contributed by atoms with Gasteiger partial charge in [-0.2, -0.15) is 0 Å².